The molecule has 3 rings (SSSR count). The fraction of sp³-hybridized carbons (Fsp3) is 0.316. The van der Waals surface area contributed by atoms with Crippen LogP contribution in [0.5, 0.6) is 0 Å². The van der Waals surface area contributed by atoms with Gasteiger partial charge in [-0.25, -0.2) is 9.78 Å². The Morgan fingerprint density at radius 1 is 1.19 bits per heavy atom. The van der Waals surface area contributed by atoms with Crippen LogP contribution in [-0.4, -0.2) is 34.7 Å². The van der Waals surface area contributed by atoms with Crippen LogP contribution in [0.1, 0.15) is 51.7 Å². The summed E-state index contributed by atoms with van der Waals surface area (Å²) in [5.74, 6) is -0.234. The second-order valence-corrected chi connectivity index (χ2v) is 6.26. The molecule has 1 aliphatic rings. The lowest BCUT2D eigenvalue weighted by Crippen LogP contribution is -2.14. The highest BCUT2D eigenvalue weighted by atomic mass is 16.5. The van der Waals surface area contributed by atoms with Crippen molar-refractivity contribution < 1.29 is 19.1 Å². The third-order valence-corrected chi connectivity index (χ3v) is 4.15. The first-order valence-corrected chi connectivity index (χ1v) is 8.32. The fourth-order valence-electron chi connectivity index (χ4n) is 2.59. The van der Waals surface area contributed by atoms with E-state index in [1.54, 1.807) is 18.3 Å². The van der Waals surface area contributed by atoms with Crippen LogP contribution in [-0.2, 0) is 16.0 Å². The molecule has 1 aliphatic carbocycles. The Labute approximate surface area is 150 Å². The molecule has 1 N–H and O–H groups in total. The number of carbonyl (C=O) groups excluding carboxylic acids is 3. The number of Topliss-reactive ketones (excluding diaryl/α,β-unsaturated/α-hetero) is 1. The molecule has 0 radical (unpaired) electrons. The van der Waals surface area contributed by atoms with Gasteiger partial charge in [0.25, 0.3) is 0 Å². The van der Waals surface area contributed by atoms with E-state index in [-0.39, 0.29) is 28.7 Å². The van der Waals surface area contributed by atoms with Crippen LogP contribution < -0.4 is 5.32 Å². The Morgan fingerprint density at radius 3 is 2.62 bits per heavy atom. The summed E-state index contributed by atoms with van der Waals surface area (Å²) >= 11 is 0. The molecule has 0 aromatic carbocycles. The van der Waals surface area contributed by atoms with Gasteiger partial charge in [0, 0.05) is 36.0 Å². The van der Waals surface area contributed by atoms with Gasteiger partial charge in [0.2, 0.25) is 5.91 Å². The van der Waals surface area contributed by atoms with Crippen LogP contribution in [0.25, 0.3) is 0 Å². The van der Waals surface area contributed by atoms with Crippen molar-refractivity contribution in [2.75, 3.05) is 12.4 Å². The van der Waals surface area contributed by atoms with Crippen molar-refractivity contribution in [1.29, 1.82) is 0 Å². The lowest BCUT2D eigenvalue weighted by atomic mass is 10.0. The lowest BCUT2D eigenvalue weighted by Gasteiger charge is -2.09. The number of nitrogens with zero attached hydrogens (tertiary/aromatic N) is 2. The number of hydrogen-bond donors (Lipinski definition) is 1. The average molecular weight is 353 g/mol. The molecular weight excluding hydrogens is 334 g/mol. The number of ketones is 1. The quantitative estimate of drug-likeness (QED) is 0.632. The Kier molecular flexibility index (Phi) is 5.06. The first kappa shape index (κ1) is 17.7. The summed E-state index contributed by atoms with van der Waals surface area (Å²) in [5.41, 5.74) is 1.95. The minimum atomic E-state index is -0.594. The SMILES string of the molecule is COC(=O)c1cnc(Cc2ccnc(NC(=O)C3CC3)c2)cc1C(C)=O. The lowest BCUT2D eigenvalue weighted by molar-refractivity contribution is -0.117. The second kappa shape index (κ2) is 7.43. The van der Waals surface area contributed by atoms with Crippen molar-refractivity contribution in [2.45, 2.75) is 26.2 Å². The third kappa shape index (κ3) is 4.11. The molecule has 0 spiro atoms. The van der Waals surface area contributed by atoms with Crippen LogP contribution in [0.15, 0.2) is 30.6 Å². The van der Waals surface area contributed by atoms with E-state index in [0.717, 1.165) is 18.4 Å². The number of hydrogen-bond acceptors (Lipinski definition) is 6. The summed E-state index contributed by atoms with van der Waals surface area (Å²) in [6.07, 6.45) is 5.27. The molecule has 2 aromatic rings. The van der Waals surface area contributed by atoms with Gasteiger partial charge in [-0.05, 0) is 43.5 Å². The van der Waals surface area contributed by atoms with Gasteiger partial charge in [-0.15, -0.1) is 0 Å². The molecule has 1 fully saturated rings. The van der Waals surface area contributed by atoms with Gasteiger partial charge in [-0.2, -0.15) is 0 Å². The predicted octanol–water partition coefficient (Wildman–Crippen LogP) is 2.41. The van der Waals surface area contributed by atoms with E-state index in [2.05, 4.69) is 20.0 Å². The van der Waals surface area contributed by atoms with E-state index >= 15 is 0 Å². The number of anilines is 1. The summed E-state index contributed by atoms with van der Waals surface area (Å²) in [6, 6.07) is 5.19. The van der Waals surface area contributed by atoms with Crippen molar-refractivity contribution in [1.82, 2.24) is 9.97 Å². The molecule has 7 heteroatoms. The Bertz CT molecular complexity index is 875. The number of rotatable bonds is 6. The first-order chi connectivity index (χ1) is 12.5. The van der Waals surface area contributed by atoms with Crippen LogP contribution in [0, 0.1) is 5.92 Å². The highest BCUT2D eigenvalue weighted by Gasteiger charge is 2.29. The number of aromatic nitrogens is 2. The minimum Gasteiger partial charge on any atom is -0.465 e. The second-order valence-electron chi connectivity index (χ2n) is 6.26. The number of esters is 1. The van der Waals surface area contributed by atoms with E-state index in [1.807, 2.05) is 6.07 Å². The van der Waals surface area contributed by atoms with E-state index in [1.165, 1.54) is 20.2 Å². The van der Waals surface area contributed by atoms with E-state index in [9.17, 15) is 14.4 Å². The van der Waals surface area contributed by atoms with Gasteiger partial charge in [-0.1, -0.05) is 0 Å². The number of ether oxygens (including phenoxy) is 1. The molecule has 0 saturated heterocycles. The zero-order valence-electron chi connectivity index (χ0n) is 14.6. The highest BCUT2D eigenvalue weighted by Crippen LogP contribution is 2.30. The molecule has 26 heavy (non-hydrogen) atoms. The maximum Gasteiger partial charge on any atom is 0.340 e. The molecule has 7 nitrogen and oxygen atoms in total. The average Bonchev–Trinajstić information content (AvgIpc) is 3.46. The van der Waals surface area contributed by atoms with Crippen LogP contribution in [0.4, 0.5) is 5.82 Å². The van der Waals surface area contributed by atoms with Crippen molar-refractivity contribution in [3.8, 4) is 0 Å². The maximum absolute atomic E-state index is 11.8. The molecule has 2 aromatic heterocycles. The number of methoxy groups -OCH3 is 1. The van der Waals surface area contributed by atoms with Gasteiger partial charge >= 0.3 is 5.97 Å². The summed E-state index contributed by atoms with van der Waals surface area (Å²) < 4.78 is 4.68. The normalized spacial score (nSPS) is 13.2. The molecule has 0 aliphatic heterocycles. The van der Waals surface area contributed by atoms with Gasteiger partial charge in [0.15, 0.2) is 5.78 Å². The smallest absolute Gasteiger partial charge is 0.340 e. The van der Waals surface area contributed by atoms with Crippen molar-refractivity contribution >= 4 is 23.5 Å². The van der Waals surface area contributed by atoms with Crippen molar-refractivity contribution in [2.24, 2.45) is 5.92 Å². The van der Waals surface area contributed by atoms with Crippen LogP contribution in [0.2, 0.25) is 0 Å². The summed E-state index contributed by atoms with van der Waals surface area (Å²) in [6.45, 7) is 1.39. The molecule has 0 bridgehead atoms. The number of amides is 1. The zero-order chi connectivity index (χ0) is 18.7. The maximum atomic E-state index is 11.8. The number of pyridine rings is 2. The van der Waals surface area contributed by atoms with E-state index in [4.69, 9.17) is 0 Å². The molecule has 0 unspecified atom stereocenters. The van der Waals surface area contributed by atoms with Gasteiger partial charge in [0.1, 0.15) is 5.82 Å². The largest absolute Gasteiger partial charge is 0.465 e. The molecule has 1 amide bonds. The zero-order valence-corrected chi connectivity index (χ0v) is 14.6. The van der Waals surface area contributed by atoms with Crippen LogP contribution in [0.3, 0.4) is 0 Å². The minimum absolute atomic E-state index is 0.00549. The first-order valence-electron chi connectivity index (χ1n) is 8.32. The number of nitrogens with one attached hydrogen (secondary N) is 1. The van der Waals surface area contributed by atoms with Gasteiger partial charge in [-0.3, -0.25) is 14.6 Å². The van der Waals surface area contributed by atoms with Crippen LogP contribution >= 0.6 is 0 Å². The Morgan fingerprint density at radius 2 is 1.96 bits per heavy atom. The summed E-state index contributed by atoms with van der Waals surface area (Å²) in [4.78, 5) is 43.9. The molecule has 134 valence electrons. The Balaban J connectivity index is 1.80. The Hall–Kier alpha value is -3.09. The molecule has 2 heterocycles. The molecule has 1 saturated carbocycles. The summed E-state index contributed by atoms with van der Waals surface area (Å²) in [5, 5.41) is 2.81. The highest BCUT2D eigenvalue weighted by molar-refractivity contribution is 6.05. The van der Waals surface area contributed by atoms with E-state index in [0.29, 0.717) is 17.9 Å². The number of carbonyl (C=O) groups is 3. The summed E-state index contributed by atoms with van der Waals surface area (Å²) in [7, 11) is 1.26. The monoisotopic (exact) mass is 353 g/mol. The molecule has 0 atom stereocenters. The van der Waals surface area contributed by atoms with E-state index < -0.39 is 5.97 Å². The molecular formula is C19H19N3O4. The van der Waals surface area contributed by atoms with Crippen molar-refractivity contribution in [3.05, 3.63) is 53.0 Å². The van der Waals surface area contributed by atoms with Crippen molar-refractivity contribution in [3.63, 3.8) is 0 Å². The van der Waals surface area contributed by atoms with Gasteiger partial charge in [0.05, 0.1) is 12.7 Å². The predicted molar refractivity (Wildman–Crippen MR) is 94.0 cm³/mol. The third-order valence-electron chi connectivity index (χ3n) is 4.15. The topological polar surface area (TPSA) is 98.2 Å². The van der Waals surface area contributed by atoms with Gasteiger partial charge < -0.3 is 10.1 Å². The fourth-order valence-corrected chi connectivity index (χ4v) is 2.59. The standard InChI is InChI=1S/C19H19N3O4/c1-11(23)15-9-14(21-10-16(15)19(25)26-2)7-12-5-6-20-17(8-12)22-18(24)13-3-4-13/h5-6,8-10,13H,3-4,7H2,1-2H3,(H,20,22,24).